The quantitative estimate of drug-likeness (QED) is 0.366. The minimum atomic E-state index is -0.838. The summed E-state index contributed by atoms with van der Waals surface area (Å²) in [5.41, 5.74) is 0.700. The Bertz CT molecular complexity index is 884. The molecule has 0 amide bonds. The number of hydrogen-bond acceptors (Lipinski definition) is 6. The van der Waals surface area contributed by atoms with Crippen LogP contribution in [0.5, 0.6) is 0 Å². The van der Waals surface area contributed by atoms with Gasteiger partial charge in [0.15, 0.2) is 0 Å². The molecule has 1 saturated heterocycles. The maximum atomic E-state index is 12.0. The van der Waals surface area contributed by atoms with Gasteiger partial charge in [0.2, 0.25) is 0 Å². The summed E-state index contributed by atoms with van der Waals surface area (Å²) in [7, 11) is 0. The Kier molecular flexibility index (Phi) is 2.84. The van der Waals surface area contributed by atoms with Gasteiger partial charge in [-0.3, -0.25) is 10.1 Å². The molecule has 0 aliphatic carbocycles. The third kappa shape index (κ3) is 1.89. The Labute approximate surface area is 130 Å². The number of nitrogens with zero attached hydrogens (tertiary/aromatic N) is 2. The smallest absolute Gasteiger partial charge is 0.346 e. The highest BCUT2D eigenvalue weighted by Gasteiger charge is 2.34. The van der Waals surface area contributed by atoms with E-state index in [-0.39, 0.29) is 16.8 Å². The van der Waals surface area contributed by atoms with Crippen molar-refractivity contribution in [1.82, 2.24) is 0 Å². The van der Waals surface area contributed by atoms with Crippen molar-refractivity contribution >= 4 is 34.1 Å². The number of nitro groups is 1. The minimum Gasteiger partial charge on any atom is -0.386 e. The van der Waals surface area contributed by atoms with E-state index in [1.807, 2.05) is 4.90 Å². The first kappa shape index (κ1) is 13.7. The van der Waals surface area contributed by atoms with Gasteiger partial charge in [0.05, 0.1) is 16.1 Å². The van der Waals surface area contributed by atoms with Gasteiger partial charge in [-0.1, -0.05) is 12.1 Å². The largest absolute Gasteiger partial charge is 0.386 e. The summed E-state index contributed by atoms with van der Waals surface area (Å²) in [5.74, 6) is -1.55. The highest BCUT2D eigenvalue weighted by molar-refractivity contribution is 6.23. The first-order valence-electron chi connectivity index (χ1n) is 7.33. The molecule has 1 fully saturated rings. The van der Waals surface area contributed by atoms with Crippen molar-refractivity contribution in [2.45, 2.75) is 12.8 Å². The zero-order valence-electron chi connectivity index (χ0n) is 12.1. The lowest BCUT2D eigenvalue weighted by atomic mass is 9.94. The van der Waals surface area contributed by atoms with E-state index in [1.165, 1.54) is 6.07 Å². The fourth-order valence-corrected chi connectivity index (χ4v) is 3.39. The van der Waals surface area contributed by atoms with Crippen LogP contribution in [-0.2, 0) is 4.74 Å². The molecule has 0 aromatic heterocycles. The number of hydrogen-bond donors (Lipinski definition) is 0. The summed E-state index contributed by atoms with van der Waals surface area (Å²) in [6.45, 7) is 1.44. The fraction of sp³-hybridized carbons (Fsp3) is 0.250. The lowest BCUT2D eigenvalue weighted by molar-refractivity contribution is -0.384. The molecule has 0 bridgehead atoms. The number of carbonyl (C=O) groups excluding carboxylic acids is 2. The van der Waals surface area contributed by atoms with Crippen molar-refractivity contribution in [1.29, 1.82) is 0 Å². The Hall–Kier alpha value is -2.96. The van der Waals surface area contributed by atoms with Crippen molar-refractivity contribution < 1.29 is 19.2 Å². The van der Waals surface area contributed by atoms with Crippen LogP contribution in [0.4, 0.5) is 11.4 Å². The Balaban J connectivity index is 2.14. The third-order valence-electron chi connectivity index (χ3n) is 4.36. The van der Waals surface area contributed by atoms with Gasteiger partial charge in [0.1, 0.15) is 5.69 Å². The average Bonchev–Trinajstić information content (AvgIpc) is 3.05. The lowest BCUT2D eigenvalue weighted by Crippen LogP contribution is -2.23. The van der Waals surface area contributed by atoms with Crippen LogP contribution in [0, 0.1) is 10.1 Å². The van der Waals surface area contributed by atoms with Gasteiger partial charge in [0, 0.05) is 29.9 Å². The molecule has 2 aromatic rings. The van der Waals surface area contributed by atoms with E-state index in [9.17, 15) is 19.7 Å². The molecule has 2 aliphatic heterocycles. The zero-order chi connectivity index (χ0) is 16.1. The lowest BCUT2D eigenvalue weighted by Gasteiger charge is -2.23. The van der Waals surface area contributed by atoms with Gasteiger partial charge in [-0.15, -0.1) is 0 Å². The summed E-state index contributed by atoms with van der Waals surface area (Å²) < 4.78 is 4.69. The van der Waals surface area contributed by atoms with Crippen LogP contribution in [0.25, 0.3) is 10.8 Å². The van der Waals surface area contributed by atoms with E-state index in [4.69, 9.17) is 0 Å². The van der Waals surface area contributed by atoms with Gasteiger partial charge in [-0.05, 0) is 18.9 Å². The van der Waals surface area contributed by atoms with E-state index in [0.29, 0.717) is 16.5 Å². The Morgan fingerprint density at radius 1 is 1.09 bits per heavy atom. The predicted octanol–water partition coefficient (Wildman–Crippen LogP) is 2.66. The molecule has 4 rings (SSSR count). The summed E-state index contributed by atoms with van der Waals surface area (Å²) in [4.78, 5) is 36.9. The van der Waals surface area contributed by atoms with Gasteiger partial charge in [0.25, 0.3) is 5.69 Å². The number of esters is 2. The topological polar surface area (TPSA) is 89.8 Å². The SMILES string of the molecule is O=C1OC(=O)c2cc([N+](=O)[O-])c(N3CCCC3)c3cccc1c23. The zero-order valence-corrected chi connectivity index (χ0v) is 12.1. The minimum absolute atomic E-state index is 0.0739. The summed E-state index contributed by atoms with van der Waals surface area (Å²) in [6.07, 6.45) is 1.92. The summed E-state index contributed by atoms with van der Waals surface area (Å²) >= 11 is 0. The van der Waals surface area contributed by atoms with Gasteiger partial charge < -0.3 is 9.64 Å². The third-order valence-corrected chi connectivity index (χ3v) is 4.36. The molecule has 0 spiro atoms. The van der Waals surface area contributed by atoms with Crippen molar-refractivity contribution in [2.24, 2.45) is 0 Å². The first-order valence-corrected chi connectivity index (χ1v) is 7.33. The number of carbonyl (C=O) groups is 2. The molecule has 0 N–H and O–H groups in total. The second-order valence-corrected chi connectivity index (χ2v) is 5.65. The molecule has 0 saturated carbocycles. The van der Waals surface area contributed by atoms with Crippen molar-refractivity contribution in [2.75, 3.05) is 18.0 Å². The molecule has 0 radical (unpaired) electrons. The summed E-state index contributed by atoms with van der Waals surface area (Å²) in [6, 6.07) is 6.17. The van der Waals surface area contributed by atoms with Crippen LogP contribution < -0.4 is 4.90 Å². The van der Waals surface area contributed by atoms with Crippen LogP contribution in [0.2, 0.25) is 0 Å². The number of cyclic esters (lactones) is 2. The molecule has 116 valence electrons. The maximum Gasteiger partial charge on any atom is 0.346 e. The van der Waals surface area contributed by atoms with E-state index in [1.54, 1.807) is 18.2 Å². The van der Waals surface area contributed by atoms with E-state index >= 15 is 0 Å². The highest BCUT2D eigenvalue weighted by atomic mass is 16.6. The molecule has 0 atom stereocenters. The standard InChI is InChI=1S/C16H12N2O5/c19-15-10-5-3-4-9-13(10)11(16(20)23-15)8-12(18(21)22)14(9)17-6-1-2-7-17/h3-5,8H,1-2,6-7H2. The fourth-order valence-electron chi connectivity index (χ4n) is 3.39. The average molecular weight is 312 g/mol. The number of nitro benzene ring substituents is 1. The Morgan fingerprint density at radius 3 is 2.48 bits per heavy atom. The second kappa shape index (κ2) is 4.77. The molecule has 2 aromatic carbocycles. The molecule has 7 heteroatoms. The van der Waals surface area contributed by atoms with Gasteiger partial charge in [-0.25, -0.2) is 9.59 Å². The monoisotopic (exact) mass is 312 g/mol. The van der Waals surface area contributed by atoms with Crippen LogP contribution in [0.1, 0.15) is 33.6 Å². The Morgan fingerprint density at radius 2 is 1.78 bits per heavy atom. The van der Waals surface area contributed by atoms with Crippen LogP contribution in [-0.4, -0.2) is 30.0 Å². The van der Waals surface area contributed by atoms with Crippen LogP contribution in [0.15, 0.2) is 24.3 Å². The maximum absolute atomic E-state index is 12.0. The molecule has 2 heterocycles. The number of rotatable bonds is 2. The van der Waals surface area contributed by atoms with Crippen molar-refractivity contribution in [3.8, 4) is 0 Å². The molecular weight excluding hydrogens is 300 g/mol. The van der Waals surface area contributed by atoms with Crippen LogP contribution in [0.3, 0.4) is 0 Å². The van der Waals surface area contributed by atoms with E-state index < -0.39 is 16.9 Å². The first-order chi connectivity index (χ1) is 11.1. The second-order valence-electron chi connectivity index (χ2n) is 5.65. The van der Waals surface area contributed by atoms with Crippen molar-refractivity contribution in [3.63, 3.8) is 0 Å². The normalized spacial score (nSPS) is 16.8. The van der Waals surface area contributed by atoms with Crippen LogP contribution >= 0.6 is 0 Å². The molecule has 23 heavy (non-hydrogen) atoms. The number of anilines is 1. The number of benzene rings is 2. The highest BCUT2D eigenvalue weighted by Crippen LogP contribution is 2.42. The summed E-state index contributed by atoms with van der Waals surface area (Å²) in [5, 5.41) is 12.5. The van der Waals surface area contributed by atoms with Gasteiger partial charge in [-0.2, -0.15) is 0 Å². The van der Waals surface area contributed by atoms with E-state index in [2.05, 4.69) is 4.74 Å². The predicted molar refractivity (Wildman–Crippen MR) is 81.8 cm³/mol. The van der Waals surface area contributed by atoms with Gasteiger partial charge >= 0.3 is 11.9 Å². The molecular formula is C16H12N2O5. The van der Waals surface area contributed by atoms with Crippen molar-refractivity contribution in [3.05, 3.63) is 45.5 Å². The molecule has 2 aliphatic rings. The van der Waals surface area contributed by atoms with E-state index in [0.717, 1.165) is 25.9 Å². The molecule has 0 unspecified atom stereocenters. The number of ether oxygens (including phenoxy) is 1. The molecule has 7 nitrogen and oxygen atoms in total.